The molecule has 0 aliphatic carbocycles. The summed E-state index contributed by atoms with van der Waals surface area (Å²) in [5.41, 5.74) is 12.2. The number of alkyl halides is 1. The van der Waals surface area contributed by atoms with Crippen LogP contribution in [0.25, 0.3) is 0 Å². The van der Waals surface area contributed by atoms with E-state index in [2.05, 4.69) is 26.8 Å². The highest BCUT2D eigenvalue weighted by molar-refractivity contribution is 9.10. The molecule has 1 atom stereocenters. The van der Waals surface area contributed by atoms with E-state index in [1.165, 1.54) is 0 Å². The highest BCUT2D eigenvalue weighted by Gasteiger charge is 2.07. The van der Waals surface area contributed by atoms with Gasteiger partial charge in [-0.3, -0.25) is 15.6 Å². The number of rotatable bonds is 3. The number of nitrogens with one attached hydrogen (secondary N) is 2. The summed E-state index contributed by atoms with van der Waals surface area (Å²) in [7, 11) is 0. The van der Waals surface area contributed by atoms with Crippen LogP contribution in [-0.2, 0) is 4.79 Å². The Hall–Kier alpha value is -1.23. The van der Waals surface area contributed by atoms with Crippen LogP contribution in [-0.4, -0.2) is 10.7 Å². The van der Waals surface area contributed by atoms with Crippen LogP contribution in [0.15, 0.2) is 24.3 Å². The van der Waals surface area contributed by atoms with E-state index in [9.17, 15) is 4.79 Å². The minimum absolute atomic E-state index is 0.145. The fourth-order valence-electron chi connectivity index (χ4n) is 0.839. The number of nitrogens with two attached hydrogens (primary N) is 1. The van der Waals surface area contributed by atoms with Crippen molar-refractivity contribution >= 4 is 33.2 Å². The van der Waals surface area contributed by atoms with E-state index >= 15 is 0 Å². The van der Waals surface area contributed by atoms with Gasteiger partial charge in [0.2, 0.25) is 0 Å². The quantitative estimate of drug-likeness (QED) is 0.437. The Kier molecular flexibility index (Phi) is 3.76. The van der Waals surface area contributed by atoms with E-state index in [0.717, 1.165) is 0 Å². The lowest BCUT2D eigenvalue weighted by molar-refractivity contribution is -0.119. The summed E-state index contributed by atoms with van der Waals surface area (Å²) in [4.78, 5) is 10.9. The van der Waals surface area contributed by atoms with Gasteiger partial charge in [-0.2, -0.15) is 0 Å². The largest absolute Gasteiger partial charge is 0.397 e. The number of nitrogen functional groups attached to an aromatic ring is 1. The second kappa shape index (κ2) is 4.85. The fourth-order valence-corrected chi connectivity index (χ4v) is 0.954. The molecule has 1 aromatic carbocycles. The Bertz CT molecular complexity index is 328. The van der Waals surface area contributed by atoms with Crippen LogP contribution in [0, 0.1) is 0 Å². The van der Waals surface area contributed by atoms with Gasteiger partial charge in [0.1, 0.15) is 0 Å². The Morgan fingerprint density at radius 3 is 2.71 bits per heavy atom. The topological polar surface area (TPSA) is 67.2 Å². The van der Waals surface area contributed by atoms with E-state index in [4.69, 9.17) is 5.73 Å². The van der Waals surface area contributed by atoms with Crippen LogP contribution >= 0.6 is 15.9 Å². The van der Waals surface area contributed by atoms with Crippen molar-refractivity contribution in [1.29, 1.82) is 0 Å². The van der Waals surface area contributed by atoms with Crippen LogP contribution in [0.5, 0.6) is 0 Å². The molecule has 0 spiro atoms. The number of anilines is 2. The average Bonchev–Trinajstić information content (AvgIpc) is 2.16. The third-order valence-corrected chi connectivity index (χ3v) is 2.06. The molecule has 1 unspecified atom stereocenters. The maximum Gasteiger partial charge on any atom is 0.251 e. The molecule has 0 fully saturated rings. The van der Waals surface area contributed by atoms with Gasteiger partial charge in [0, 0.05) is 0 Å². The van der Waals surface area contributed by atoms with Gasteiger partial charge < -0.3 is 5.73 Å². The molecule has 0 aliphatic heterocycles. The summed E-state index contributed by atoms with van der Waals surface area (Å²) in [6, 6.07) is 7.21. The van der Waals surface area contributed by atoms with Crippen molar-refractivity contribution in [3.8, 4) is 0 Å². The number of carbonyl (C=O) groups is 1. The normalized spacial score (nSPS) is 11.9. The van der Waals surface area contributed by atoms with E-state index in [0.29, 0.717) is 11.4 Å². The third-order valence-electron chi connectivity index (χ3n) is 1.64. The molecule has 0 aliphatic rings. The summed E-state index contributed by atoms with van der Waals surface area (Å²) < 4.78 is 0. The van der Waals surface area contributed by atoms with Crippen molar-refractivity contribution in [2.24, 2.45) is 0 Å². The van der Waals surface area contributed by atoms with E-state index in [1.54, 1.807) is 19.1 Å². The van der Waals surface area contributed by atoms with Crippen molar-refractivity contribution in [2.75, 3.05) is 11.2 Å². The Labute approximate surface area is 91.0 Å². The molecule has 76 valence electrons. The first-order valence-corrected chi connectivity index (χ1v) is 5.07. The average molecular weight is 258 g/mol. The zero-order valence-electron chi connectivity index (χ0n) is 7.75. The van der Waals surface area contributed by atoms with Gasteiger partial charge in [-0.1, -0.05) is 28.1 Å². The lowest BCUT2D eigenvalue weighted by atomic mass is 10.3. The van der Waals surface area contributed by atoms with Gasteiger partial charge in [0.05, 0.1) is 16.2 Å². The number of hydrazine groups is 1. The molecule has 14 heavy (non-hydrogen) atoms. The second-order valence-corrected chi connectivity index (χ2v) is 4.19. The first kappa shape index (κ1) is 10.8. The minimum atomic E-state index is -0.236. The number of hydrogen-bond acceptors (Lipinski definition) is 3. The molecule has 0 aromatic heterocycles. The van der Waals surface area contributed by atoms with Crippen molar-refractivity contribution in [1.82, 2.24) is 5.43 Å². The van der Waals surface area contributed by atoms with Crippen LogP contribution in [0.3, 0.4) is 0 Å². The van der Waals surface area contributed by atoms with E-state index in [1.807, 2.05) is 12.1 Å². The predicted molar refractivity (Wildman–Crippen MR) is 61.0 cm³/mol. The highest BCUT2D eigenvalue weighted by atomic mass is 79.9. The number of para-hydroxylation sites is 2. The van der Waals surface area contributed by atoms with Crippen molar-refractivity contribution in [3.63, 3.8) is 0 Å². The second-order valence-electron chi connectivity index (χ2n) is 2.82. The summed E-state index contributed by atoms with van der Waals surface area (Å²) in [5.74, 6) is -0.145. The molecule has 0 saturated heterocycles. The summed E-state index contributed by atoms with van der Waals surface area (Å²) in [6.07, 6.45) is 0. The Morgan fingerprint density at radius 1 is 1.50 bits per heavy atom. The standard InChI is InChI=1S/C9H12BrN3O/c1-6(10)9(14)13-12-8-5-3-2-4-7(8)11/h2-6,12H,11H2,1H3,(H,13,14). The molecular weight excluding hydrogens is 246 g/mol. The molecule has 1 aromatic rings. The lowest BCUT2D eigenvalue weighted by Gasteiger charge is -2.11. The molecule has 5 heteroatoms. The summed E-state index contributed by atoms with van der Waals surface area (Å²) in [5, 5.41) is 0. The Morgan fingerprint density at radius 2 is 2.14 bits per heavy atom. The number of amides is 1. The lowest BCUT2D eigenvalue weighted by Crippen LogP contribution is -2.34. The van der Waals surface area contributed by atoms with Crippen molar-refractivity contribution in [3.05, 3.63) is 24.3 Å². The SMILES string of the molecule is CC(Br)C(=O)NNc1ccccc1N. The van der Waals surface area contributed by atoms with Crippen molar-refractivity contribution in [2.45, 2.75) is 11.8 Å². The van der Waals surface area contributed by atoms with Gasteiger partial charge >= 0.3 is 0 Å². The third kappa shape index (κ3) is 2.92. The molecule has 4 nitrogen and oxygen atoms in total. The first-order chi connectivity index (χ1) is 6.61. The molecule has 1 rings (SSSR count). The molecule has 0 saturated carbocycles. The molecular formula is C9H12BrN3O. The maximum atomic E-state index is 11.2. The summed E-state index contributed by atoms with van der Waals surface area (Å²) >= 11 is 3.15. The number of benzene rings is 1. The maximum absolute atomic E-state index is 11.2. The fraction of sp³-hybridized carbons (Fsp3) is 0.222. The number of carbonyl (C=O) groups excluding carboxylic acids is 1. The van der Waals surface area contributed by atoms with Crippen LogP contribution in [0.2, 0.25) is 0 Å². The van der Waals surface area contributed by atoms with Gasteiger partial charge in [0.15, 0.2) is 0 Å². The molecule has 0 radical (unpaired) electrons. The smallest absolute Gasteiger partial charge is 0.251 e. The van der Waals surface area contributed by atoms with Gasteiger partial charge in [-0.05, 0) is 19.1 Å². The molecule has 0 heterocycles. The van der Waals surface area contributed by atoms with Crippen LogP contribution in [0.1, 0.15) is 6.92 Å². The monoisotopic (exact) mass is 257 g/mol. The van der Waals surface area contributed by atoms with E-state index in [-0.39, 0.29) is 10.7 Å². The van der Waals surface area contributed by atoms with E-state index < -0.39 is 0 Å². The number of hydrogen-bond donors (Lipinski definition) is 3. The Balaban J connectivity index is 2.54. The number of halogens is 1. The predicted octanol–water partition coefficient (Wildman–Crippen LogP) is 1.50. The molecule has 0 bridgehead atoms. The summed E-state index contributed by atoms with van der Waals surface area (Å²) in [6.45, 7) is 1.74. The van der Waals surface area contributed by atoms with Gasteiger partial charge in [-0.25, -0.2) is 0 Å². The van der Waals surface area contributed by atoms with Gasteiger partial charge in [-0.15, -0.1) is 0 Å². The first-order valence-electron chi connectivity index (χ1n) is 4.15. The minimum Gasteiger partial charge on any atom is -0.397 e. The zero-order valence-corrected chi connectivity index (χ0v) is 9.34. The van der Waals surface area contributed by atoms with Crippen LogP contribution < -0.4 is 16.6 Å². The van der Waals surface area contributed by atoms with Crippen molar-refractivity contribution < 1.29 is 4.79 Å². The highest BCUT2D eigenvalue weighted by Crippen LogP contribution is 2.15. The van der Waals surface area contributed by atoms with Crippen LogP contribution in [0.4, 0.5) is 11.4 Å². The molecule has 4 N–H and O–H groups in total. The molecule has 1 amide bonds. The van der Waals surface area contributed by atoms with Gasteiger partial charge in [0.25, 0.3) is 5.91 Å². The zero-order chi connectivity index (χ0) is 10.6.